The summed E-state index contributed by atoms with van der Waals surface area (Å²) in [5.41, 5.74) is 3.92. The fourth-order valence-electron chi connectivity index (χ4n) is 6.41. The van der Waals surface area contributed by atoms with Gasteiger partial charge in [-0.3, -0.25) is 14.5 Å². The SMILES string of the molecule is C[C@H](C(=O)N[C@H](C)c1cc(F)cc(N2CCN(CCO)CC2)c1)N1Cc2ccc(-c3nc(NC4CCOCC4)ncc3Cl)cc2C1=O. The fourth-order valence-corrected chi connectivity index (χ4v) is 6.61. The van der Waals surface area contributed by atoms with E-state index in [1.165, 1.54) is 12.1 Å². The van der Waals surface area contributed by atoms with Crippen molar-refractivity contribution in [1.82, 2.24) is 25.1 Å². The Bertz CT molecular complexity index is 1610. The number of anilines is 2. The van der Waals surface area contributed by atoms with Gasteiger partial charge in [-0.25, -0.2) is 14.4 Å². The lowest BCUT2D eigenvalue weighted by atomic mass is 10.0. The molecule has 11 nitrogen and oxygen atoms in total. The molecule has 0 bridgehead atoms. The number of aliphatic hydroxyl groups is 1. The van der Waals surface area contributed by atoms with Gasteiger partial charge >= 0.3 is 0 Å². The van der Waals surface area contributed by atoms with Crippen molar-refractivity contribution in [3.05, 3.63) is 70.1 Å². The number of nitrogens with zero attached hydrogens (tertiary/aromatic N) is 5. The molecule has 3 aliphatic heterocycles. The van der Waals surface area contributed by atoms with Crippen LogP contribution >= 0.6 is 11.6 Å². The van der Waals surface area contributed by atoms with Crippen molar-refractivity contribution in [1.29, 1.82) is 0 Å². The first-order chi connectivity index (χ1) is 22.7. The van der Waals surface area contributed by atoms with Crippen molar-refractivity contribution in [3.63, 3.8) is 0 Å². The zero-order valence-electron chi connectivity index (χ0n) is 26.7. The number of carbonyl (C=O) groups excluding carboxylic acids is 2. The summed E-state index contributed by atoms with van der Waals surface area (Å²) in [6.45, 7) is 8.92. The van der Waals surface area contributed by atoms with Crippen molar-refractivity contribution in [3.8, 4) is 11.3 Å². The minimum atomic E-state index is -0.758. The Hall–Kier alpha value is -3.84. The van der Waals surface area contributed by atoms with Crippen LogP contribution in [0, 0.1) is 5.82 Å². The Balaban J connectivity index is 1.11. The van der Waals surface area contributed by atoms with Crippen molar-refractivity contribution in [2.75, 3.05) is 62.8 Å². The van der Waals surface area contributed by atoms with E-state index in [2.05, 4.69) is 30.4 Å². The third-order valence-electron chi connectivity index (χ3n) is 9.28. The normalized spacial score (nSPS) is 18.6. The standard InChI is InChI=1S/C34H41ClFN7O4/c1-21(25-15-26(36)18-28(16-25)42-9-7-41(8-10-42)11-12-44)38-32(45)22(2)43-20-24-4-3-23(17-29(24)33(43)46)31-30(35)19-37-34(40-31)39-27-5-13-47-14-6-27/h3-4,15-19,21-22,27,44H,5-14,20H2,1-2H3,(H,38,45)(H,37,39,40)/t21-,22-/m1/s1. The lowest BCUT2D eigenvalue weighted by Crippen LogP contribution is -2.47. The summed E-state index contributed by atoms with van der Waals surface area (Å²) in [5.74, 6) is -0.489. The van der Waals surface area contributed by atoms with Gasteiger partial charge in [0.2, 0.25) is 11.9 Å². The highest BCUT2D eigenvalue weighted by Gasteiger charge is 2.35. The Labute approximate surface area is 279 Å². The predicted octanol–water partition coefficient (Wildman–Crippen LogP) is 3.86. The van der Waals surface area contributed by atoms with Gasteiger partial charge in [-0.05, 0) is 62.1 Å². The molecule has 0 aliphatic carbocycles. The summed E-state index contributed by atoms with van der Waals surface area (Å²) >= 11 is 6.50. The molecule has 3 aromatic rings. The minimum Gasteiger partial charge on any atom is -0.395 e. The molecule has 3 N–H and O–H groups in total. The summed E-state index contributed by atoms with van der Waals surface area (Å²) in [6, 6.07) is 9.34. The average Bonchev–Trinajstić information content (AvgIpc) is 3.41. The van der Waals surface area contributed by atoms with Crippen LogP contribution in [0.25, 0.3) is 11.3 Å². The molecule has 2 fully saturated rings. The molecule has 6 rings (SSSR count). The van der Waals surface area contributed by atoms with Crippen LogP contribution in [0.4, 0.5) is 16.0 Å². The average molecular weight is 666 g/mol. The first-order valence-electron chi connectivity index (χ1n) is 16.2. The van der Waals surface area contributed by atoms with Crippen LogP contribution in [0.15, 0.2) is 42.6 Å². The van der Waals surface area contributed by atoms with Gasteiger partial charge in [-0.2, -0.15) is 0 Å². The maximum atomic E-state index is 14.7. The minimum absolute atomic E-state index is 0.115. The topological polar surface area (TPSA) is 123 Å². The number of ether oxygens (including phenoxy) is 1. The van der Waals surface area contributed by atoms with Crippen LogP contribution < -0.4 is 15.5 Å². The highest BCUT2D eigenvalue weighted by Crippen LogP contribution is 2.33. The van der Waals surface area contributed by atoms with Crippen LogP contribution in [0.3, 0.4) is 0 Å². The number of carbonyl (C=O) groups is 2. The third-order valence-corrected chi connectivity index (χ3v) is 9.55. The van der Waals surface area contributed by atoms with E-state index in [0.29, 0.717) is 53.1 Å². The number of β-amino-alcohol motifs (C(OH)–C–C–N with tert-alkyl or cyclic N) is 1. The number of aromatic nitrogens is 2. The molecular formula is C34H41ClFN7O4. The molecule has 2 saturated heterocycles. The smallest absolute Gasteiger partial charge is 0.255 e. The van der Waals surface area contributed by atoms with Gasteiger partial charge in [0.1, 0.15) is 11.9 Å². The maximum Gasteiger partial charge on any atom is 0.255 e. The maximum absolute atomic E-state index is 14.7. The second kappa shape index (κ2) is 14.5. The van der Waals surface area contributed by atoms with Crippen LogP contribution in [0.1, 0.15) is 54.2 Å². The number of amides is 2. The van der Waals surface area contributed by atoms with E-state index >= 15 is 0 Å². The second-order valence-electron chi connectivity index (χ2n) is 12.4. The van der Waals surface area contributed by atoms with Crippen LogP contribution in [-0.4, -0.2) is 101 Å². The zero-order chi connectivity index (χ0) is 33.1. The number of hydrogen-bond acceptors (Lipinski definition) is 9. The van der Waals surface area contributed by atoms with Gasteiger partial charge < -0.3 is 30.3 Å². The predicted molar refractivity (Wildman–Crippen MR) is 178 cm³/mol. The van der Waals surface area contributed by atoms with Crippen molar-refractivity contribution in [2.45, 2.75) is 51.4 Å². The second-order valence-corrected chi connectivity index (χ2v) is 12.8. The Kier molecular flexibility index (Phi) is 10.2. The summed E-state index contributed by atoms with van der Waals surface area (Å²) in [6.07, 6.45) is 3.28. The van der Waals surface area contributed by atoms with Gasteiger partial charge in [0.05, 0.1) is 29.6 Å². The van der Waals surface area contributed by atoms with E-state index < -0.39 is 12.1 Å². The van der Waals surface area contributed by atoms with Crippen LogP contribution in [0.5, 0.6) is 0 Å². The number of nitrogens with one attached hydrogen (secondary N) is 2. The van der Waals surface area contributed by atoms with E-state index in [4.69, 9.17) is 16.3 Å². The van der Waals surface area contributed by atoms with Crippen molar-refractivity contribution >= 4 is 35.1 Å². The van der Waals surface area contributed by atoms with Crippen molar-refractivity contribution in [2.24, 2.45) is 0 Å². The molecule has 3 aliphatic rings. The molecule has 0 radical (unpaired) electrons. The largest absolute Gasteiger partial charge is 0.395 e. The lowest BCUT2D eigenvalue weighted by molar-refractivity contribution is -0.125. The highest BCUT2D eigenvalue weighted by atomic mass is 35.5. The van der Waals surface area contributed by atoms with Crippen molar-refractivity contribution < 1.29 is 23.8 Å². The molecule has 0 spiro atoms. The number of fused-ring (bicyclic) bond motifs is 1. The third kappa shape index (κ3) is 7.51. The Morgan fingerprint density at radius 3 is 2.64 bits per heavy atom. The van der Waals surface area contributed by atoms with E-state index in [9.17, 15) is 19.1 Å². The number of aliphatic hydroxyl groups excluding tert-OH is 1. The summed E-state index contributed by atoms with van der Waals surface area (Å²) in [7, 11) is 0. The molecule has 0 saturated carbocycles. The van der Waals surface area contributed by atoms with Gasteiger partial charge in [0.15, 0.2) is 0 Å². The fraction of sp³-hybridized carbons (Fsp3) is 0.471. The molecule has 47 heavy (non-hydrogen) atoms. The number of hydrogen-bond donors (Lipinski definition) is 3. The molecule has 2 aromatic carbocycles. The highest BCUT2D eigenvalue weighted by molar-refractivity contribution is 6.33. The Morgan fingerprint density at radius 2 is 1.89 bits per heavy atom. The van der Waals surface area contributed by atoms with E-state index in [-0.39, 0.29) is 36.8 Å². The molecular weight excluding hydrogens is 625 g/mol. The van der Waals surface area contributed by atoms with E-state index in [1.807, 2.05) is 25.1 Å². The molecule has 1 aromatic heterocycles. The molecule has 2 amide bonds. The summed E-state index contributed by atoms with van der Waals surface area (Å²) in [5, 5.41) is 15.9. The molecule has 4 heterocycles. The quantitative estimate of drug-likeness (QED) is 0.296. The van der Waals surface area contributed by atoms with Crippen LogP contribution in [0.2, 0.25) is 5.02 Å². The molecule has 0 unspecified atom stereocenters. The molecule has 250 valence electrons. The van der Waals surface area contributed by atoms with E-state index in [1.54, 1.807) is 24.1 Å². The molecule has 2 atom stereocenters. The van der Waals surface area contributed by atoms with Gasteiger partial charge in [0, 0.05) is 75.3 Å². The first kappa shape index (κ1) is 33.1. The van der Waals surface area contributed by atoms with Gasteiger partial charge in [-0.1, -0.05) is 23.7 Å². The molecule has 13 heteroatoms. The summed E-state index contributed by atoms with van der Waals surface area (Å²) in [4.78, 5) is 41.9. The van der Waals surface area contributed by atoms with Gasteiger partial charge in [-0.15, -0.1) is 0 Å². The number of benzene rings is 2. The number of piperazine rings is 1. The zero-order valence-corrected chi connectivity index (χ0v) is 27.5. The monoisotopic (exact) mass is 665 g/mol. The van der Waals surface area contributed by atoms with Gasteiger partial charge in [0.25, 0.3) is 5.91 Å². The van der Waals surface area contributed by atoms with Crippen LogP contribution in [-0.2, 0) is 16.1 Å². The van der Waals surface area contributed by atoms with E-state index in [0.717, 1.165) is 50.3 Å². The lowest BCUT2D eigenvalue weighted by Gasteiger charge is -2.36. The number of halogens is 2. The Morgan fingerprint density at radius 1 is 1.13 bits per heavy atom. The summed E-state index contributed by atoms with van der Waals surface area (Å²) < 4.78 is 20.2. The first-order valence-corrected chi connectivity index (χ1v) is 16.6. The number of rotatable bonds is 10.